The van der Waals surface area contributed by atoms with Crippen LogP contribution in [-0.4, -0.2) is 25.6 Å². The fraction of sp³-hybridized carbons (Fsp3) is 0.182. The number of carbonyl (C=O) groups is 1. The van der Waals surface area contributed by atoms with Crippen molar-refractivity contribution in [2.45, 2.75) is 6.54 Å². The number of anilines is 2. The maximum absolute atomic E-state index is 11.0. The molecule has 0 spiro atoms. The van der Waals surface area contributed by atoms with Gasteiger partial charge in [0.25, 0.3) is 0 Å². The van der Waals surface area contributed by atoms with Gasteiger partial charge < -0.3 is 20.7 Å². The van der Waals surface area contributed by atoms with E-state index in [4.69, 9.17) is 10.8 Å². The quantitative estimate of drug-likeness (QED) is 0.734. The molecule has 7 nitrogen and oxygen atoms in total. The van der Waals surface area contributed by atoms with E-state index in [0.29, 0.717) is 12.2 Å². The molecule has 7 heteroatoms. The zero-order valence-electron chi connectivity index (χ0n) is 9.79. The average Bonchev–Trinajstić information content (AvgIpc) is 2.73. The molecule has 0 saturated heterocycles. The minimum Gasteiger partial charge on any atom is -0.478 e. The summed E-state index contributed by atoms with van der Waals surface area (Å²) >= 11 is 0. The molecule has 2 heterocycles. The van der Waals surface area contributed by atoms with E-state index in [1.165, 1.54) is 12.3 Å². The zero-order valence-corrected chi connectivity index (χ0v) is 9.79. The molecule has 0 aromatic carbocycles. The molecule has 0 bridgehead atoms. The van der Waals surface area contributed by atoms with Crippen molar-refractivity contribution in [1.29, 1.82) is 0 Å². The summed E-state index contributed by atoms with van der Waals surface area (Å²) in [6.45, 7) is 0.390. The second-order valence-corrected chi connectivity index (χ2v) is 3.78. The highest BCUT2D eigenvalue weighted by Crippen LogP contribution is 2.16. The van der Waals surface area contributed by atoms with Crippen LogP contribution in [0.25, 0.3) is 0 Å². The van der Waals surface area contributed by atoms with Crippen LogP contribution in [0.2, 0.25) is 0 Å². The lowest BCUT2D eigenvalue weighted by Gasteiger charge is -2.09. The van der Waals surface area contributed by atoms with Gasteiger partial charge in [0.15, 0.2) is 0 Å². The predicted molar refractivity (Wildman–Crippen MR) is 66.1 cm³/mol. The van der Waals surface area contributed by atoms with Crippen LogP contribution in [0.15, 0.2) is 24.7 Å². The lowest BCUT2D eigenvalue weighted by Crippen LogP contribution is -2.11. The molecular formula is C11H13N5O2. The third-order valence-corrected chi connectivity index (χ3v) is 2.47. The number of aromatic nitrogens is 3. The molecule has 0 saturated carbocycles. The first-order valence-corrected chi connectivity index (χ1v) is 5.27. The third-order valence-electron chi connectivity index (χ3n) is 2.47. The number of nitrogens with one attached hydrogen (secondary N) is 1. The van der Waals surface area contributed by atoms with Gasteiger partial charge in [-0.3, -0.25) is 0 Å². The molecule has 2 aromatic heterocycles. The largest absolute Gasteiger partial charge is 0.478 e. The molecule has 0 amide bonds. The molecule has 0 aliphatic rings. The van der Waals surface area contributed by atoms with Gasteiger partial charge in [-0.15, -0.1) is 0 Å². The normalized spacial score (nSPS) is 10.3. The number of nitrogen functional groups attached to an aromatic ring is 1. The lowest BCUT2D eigenvalue weighted by molar-refractivity contribution is 0.0697. The number of hydrogen-bond donors (Lipinski definition) is 3. The van der Waals surface area contributed by atoms with Crippen LogP contribution in [0.1, 0.15) is 16.2 Å². The summed E-state index contributed by atoms with van der Waals surface area (Å²) in [5.41, 5.74) is 5.87. The van der Waals surface area contributed by atoms with Gasteiger partial charge in [0, 0.05) is 19.4 Å². The summed E-state index contributed by atoms with van der Waals surface area (Å²) in [4.78, 5) is 19.1. The number of rotatable bonds is 4. The van der Waals surface area contributed by atoms with Crippen molar-refractivity contribution in [3.63, 3.8) is 0 Å². The highest BCUT2D eigenvalue weighted by atomic mass is 16.4. The van der Waals surface area contributed by atoms with Crippen LogP contribution in [0, 0.1) is 0 Å². The Morgan fingerprint density at radius 1 is 1.56 bits per heavy atom. The van der Waals surface area contributed by atoms with Crippen molar-refractivity contribution in [2.75, 3.05) is 11.1 Å². The van der Waals surface area contributed by atoms with Crippen molar-refractivity contribution in [1.82, 2.24) is 14.5 Å². The van der Waals surface area contributed by atoms with Crippen molar-refractivity contribution < 1.29 is 9.90 Å². The molecule has 4 N–H and O–H groups in total. The van der Waals surface area contributed by atoms with Gasteiger partial charge >= 0.3 is 5.97 Å². The molecule has 0 aliphatic carbocycles. The van der Waals surface area contributed by atoms with Crippen LogP contribution in [0.4, 0.5) is 11.5 Å². The van der Waals surface area contributed by atoms with Crippen molar-refractivity contribution >= 4 is 17.5 Å². The maximum atomic E-state index is 11.0. The van der Waals surface area contributed by atoms with Crippen LogP contribution in [0.3, 0.4) is 0 Å². The minimum absolute atomic E-state index is 0.0456. The second kappa shape index (κ2) is 4.74. The number of nitrogens with two attached hydrogens (primary N) is 1. The number of imidazole rings is 1. The first-order valence-electron chi connectivity index (χ1n) is 5.27. The summed E-state index contributed by atoms with van der Waals surface area (Å²) < 4.78 is 1.84. The molecule has 0 fully saturated rings. The van der Waals surface area contributed by atoms with E-state index in [0.717, 1.165) is 5.82 Å². The second-order valence-electron chi connectivity index (χ2n) is 3.78. The Labute approximate surface area is 103 Å². The number of aromatic carboxylic acids is 1. The van der Waals surface area contributed by atoms with E-state index in [1.54, 1.807) is 6.20 Å². The molecule has 94 valence electrons. The molecule has 0 atom stereocenters. The van der Waals surface area contributed by atoms with Gasteiger partial charge in [0.2, 0.25) is 0 Å². The standard InChI is InChI=1S/C11H13N5O2/c1-16-3-2-13-9(16)6-15-10-8(11(17)18)4-7(12)5-14-10/h2-5H,6,12H2,1H3,(H,14,15)(H,17,18). The molecule has 2 aromatic rings. The minimum atomic E-state index is -1.07. The number of nitrogens with zero attached hydrogens (tertiary/aromatic N) is 3. The van der Waals surface area contributed by atoms with E-state index >= 15 is 0 Å². The van der Waals surface area contributed by atoms with Gasteiger partial charge in [-0.1, -0.05) is 0 Å². The Hall–Kier alpha value is -2.57. The van der Waals surface area contributed by atoms with Crippen molar-refractivity contribution in [2.24, 2.45) is 7.05 Å². The predicted octanol–water partition coefficient (Wildman–Crippen LogP) is 0.708. The number of hydrogen-bond acceptors (Lipinski definition) is 5. The van der Waals surface area contributed by atoms with Crippen molar-refractivity contribution in [3.8, 4) is 0 Å². The fourth-order valence-electron chi connectivity index (χ4n) is 1.51. The number of carboxylic acid groups (broad SMARTS) is 1. The summed E-state index contributed by atoms with van der Waals surface area (Å²) in [6, 6.07) is 1.37. The van der Waals surface area contributed by atoms with E-state index in [9.17, 15) is 4.79 Å². The molecule has 18 heavy (non-hydrogen) atoms. The maximum Gasteiger partial charge on any atom is 0.339 e. The Morgan fingerprint density at radius 2 is 2.33 bits per heavy atom. The highest BCUT2D eigenvalue weighted by molar-refractivity contribution is 5.94. The lowest BCUT2D eigenvalue weighted by atomic mass is 10.2. The Kier molecular flexibility index (Phi) is 3.13. The first kappa shape index (κ1) is 11.9. The average molecular weight is 247 g/mol. The van der Waals surface area contributed by atoms with Gasteiger partial charge in [0.05, 0.1) is 18.4 Å². The van der Waals surface area contributed by atoms with Crippen LogP contribution >= 0.6 is 0 Å². The van der Waals surface area contributed by atoms with Gasteiger partial charge in [-0.25, -0.2) is 14.8 Å². The SMILES string of the molecule is Cn1ccnc1CNc1ncc(N)cc1C(=O)O. The van der Waals surface area contributed by atoms with Crippen LogP contribution < -0.4 is 11.1 Å². The smallest absolute Gasteiger partial charge is 0.339 e. The molecule has 0 aliphatic heterocycles. The number of pyridine rings is 1. The van der Waals surface area contributed by atoms with Crippen LogP contribution in [-0.2, 0) is 13.6 Å². The van der Waals surface area contributed by atoms with Crippen molar-refractivity contribution in [3.05, 3.63) is 36.0 Å². The molecular weight excluding hydrogens is 234 g/mol. The summed E-state index contributed by atoms with van der Waals surface area (Å²) in [5, 5.41) is 12.0. The van der Waals surface area contributed by atoms with E-state index < -0.39 is 5.97 Å². The number of aryl methyl sites for hydroxylation is 1. The fourth-order valence-corrected chi connectivity index (χ4v) is 1.51. The monoisotopic (exact) mass is 247 g/mol. The topological polar surface area (TPSA) is 106 Å². The van der Waals surface area contributed by atoms with Gasteiger partial charge in [-0.2, -0.15) is 0 Å². The highest BCUT2D eigenvalue weighted by Gasteiger charge is 2.12. The van der Waals surface area contributed by atoms with Gasteiger partial charge in [-0.05, 0) is 6.07 Å². The molecule has 0 unspecified atom stereocenters. The van der Waals surface area contributed by atoms with E-state index in [-0.39, 0.29) is 11.4 Å². The Morgan fingerprint density at radius 3 is 2.94 bits per heavy atom. The first-order chi connectivity index (χ1) is 8.58. The van der Waals surface area contributed by atoms with Gasteiger partial charge in [0.1, 0.15) is 17.2 Å². The van der Waals surface area contributed by atoms with E-state index in [2.05, 4.69) is 15.3 Å². The number of carboxylic acids is 1. The summed E-state index contributed by atoms with van der Waals surface area (Å²) in [7, 11) is 1.86. The summed E-state index contributed by atoms with van der Waals surface area (Å²) in [5.74, 6) is -0.0122. The summed E-state index contributed by atoms with van der Waals surface area (Å²) in [6.07, 6.45) is 4.89. The Bertz CT molecular complexity index is 579. The van der Waals surface area contributed by atoms with Crippen LogP contribution in [0.5, 0.6) is 0 Å². The third kappa shape index (κ3) is 2.40. The molecule has 2 rings (SSSR count). The zero-order chi connectivity index (χ0) is 13.1. The molecule has 0 radical (unpaired) electrons. The van der Waals surface area contributed by atoms with E-state index in [1.807, 2.05) is 17.8 Å². The Balaban J connectivity index is 2.19.